The van der Waals surface area contributed by atoms with Crippen molar-refractivity contribution in [3.63, 3.8) is 0 Å². The highest BCUT2D eigenvalue weighted by atomic mass is 19.1. The molecule has 0 spiro atoms. The van der Waals surface area contributed by atoms with Crippen molar-refractivity contribution in [3.8, 4) is 0 Å². The normalized spacial score (nSPS) is 18.8. The van der Waals surface area contributed by atoms with Crippen LogP contribution in [0.2, 0.25) is 0 Å². The molecule has 3 aromatic rings. The monoisotopic (exact) mass is 297 g/mol. The molecule has 0 aliphatic carbocycles. The van der Waals surface area contributed by atoms with Gasteiger partial charge in [0.05, 0.1) is 11.6 Å². The van der Waals surface area contributed by atoms with E-state index in [4.69, 9.17) is 0 Å². The molecule has 0 amide bonds. The number of benzene rings is 1. The molecule has 112 valence electrons. The highest BCUT2D eigenvalue weighted by molar-refractivity contribution is 5.89. The van der Waals surface area contributed by atoms with Crippen molar-refractivity contribution in [3.05, 3.63) is 48.6 Å². The minimum Gasteiger partial charge on any atom is -0.347 e. The molecule has 1 atom stereocenters. The third kappa shape index (κ3) is 2.20. The van der Waals surface area contributed by atoms with Crippen LogP contribution in [0.1, 0.15) is 31.1 Å². The van der Waals surface area contributed by atoms with Gasteiger partial charge in [0, 0.05) is 24.3 Å². The van der Waals surface area contributed by atoms with E-state index in [1.54, 1.807) is 18.6 Å². The number of aromatic amines is 1. The van der Waals surface area contributed by atoms with E-state index in [2.05, 4.69) is 24.8 Å². The Bertz CT molecular complexity index is 786. The second-order valence-electron chi connectivity index (χ2n) is 5.54. The van der Waals surface area contributed by atoms with Gasteiger partial charge in [-0.15, -0.1) is 0 Å². The first-order valence-electron chi connectivity index (χ1n) is 7.49. The predicted octanol–water partition coefficient (Wildman–Crippen LogP) is 3.22. The number of anilines is 1. The Labute approximate surface area is 127 Å². The van der Waals surface area contributed by atoms with E-state index in [-0.39, 0.29) is 11.9 Å². The van der Waals surface area contributed by atoms with Crippen LogP contribution in [0.3, 0.4) is 0 Å². The fraction of sp³-hybridized carbons (Fsp3) is 0.312. The molecule has 1 aromatic carbocycles. The summed E-state index contributed by atoms with van der Waals surface area (Å²) >= 11 is 0. The van der Waals surface area contributed by atoms with Crippen LogP contribution in [0.25, 0.3) is 10.9 Å². The van der Waals surface area contributed by atoms with Gasteiger partial charge in [-0.05, 0) is 37.5 Å². The van der Waals surface area contributed by atoms with E-state index < -0.39 is 0 Å². The second-order valence-corrected chi connectivity index (χ2v) is 5.54. The average molecular weight is 297 g/mol. The topological polar surface area (TPSA) is 57.7 Å². The van der Waals surface area contributed by atoms with Gasteiger partial charge in [0.25, 0.3) is 0 Å². The van der Waals surface area contributed by atoms with Crippen molar-refractivity contribution in [1.82, 2.24) is 19.9 Å². The molecule has 2 aromatic heterocycles. The van der Waals surface area contributed by atoms with Crippen LogP contribution in [0.4, 0.5) is 10.2 Å². The minimum atomic E-state index is -0.268. The van der Waals surface area contributed by atoms with Crippen LogP contribution in [0, 0.1) is 5.82 Å². The highest BCUT2D eigenvalue weighted by Crippen LogP contribution is 2.35. The van der Waals surface area contributed by atoms with Crippen molar-refractivity contribution < 1.29 is 4.39 Å². The van der Waals surface area contributed by atoms with Crippen molar-refractivity contribution in [2.24, 2.45) is 0 Å². The number of nitrogens with one attached hydrogen (secondary N) is 1. The molecule has 6 heteroatoms. The molecule has 0 radical (unpaired) electrons. The number of hydrogen-bond acceptors (Lipinski definition) is 4. The maximum atomic E-state index is 13.7. The molecule has 1 fully saturated rings. The second kappa shape index (κ2) is 5.36. The fourth-order valence-corrected chi connectivity index (χ4v) is 3.17. The number of nitrogens with zero attached hydrogens (tertiary/aromatic N) is 4. The van der Waals surface area contributed by atoms with Crippen molar-refractivity contribution >= 4 is 16.7 Å². The van der Waals surface area contributed by atoms with Gasteiger partial charge < -0.3 is 9.88 Å². The van der Waals surface area contributed by atoms with Crippen LogP contribution < -0.4 is 4.90 Å². The van der Waals surface area contributed by atoms with Gasteiger partial charge >= 0.3 is 0 Å². The molecule has 1 saturated heterocycles. The molecule has 5 nitrogen and oxygen atoms in total. The van der Waals surface area contributed by atoms with Crippen molar-refractivity contribution in [1.29, 1.82) is 0 Å². The van der Waals surface area contributed by atoms with E-state index >= 15 is 0 Å². The van der Waals surface area contributed by atoms with Gasteiger partial charge in [-0.1, -0.05) is 0 Å². The largest absolute Gasteiger partial charge is 0.347 e. The van der Waals surface area contributed by atoms with E-state index in [9.17, 15) is 4.39 Å². The first kappa shape index (κ1) is 13.2. The average Bonchev–Trinajstić information content (AvgIpc) is 3.08. The number of halogens is 1. The van der Waals surface area contributed by atoms with Gasteiger partial charge in [0.2, 0.25) is 0 Å². The molecule has 4 rings (SSSR count). The lowest BCUT2D eigenvalue weighted by Gasteiger charge is -2.35. The standard InChI is InChI=1S/C16H16FN5/c17-11-4-5-13-12(9-11)16(21-10-20-13)22-8-2-1-3-14(22)15-18-6-7-19-15/h4-7,9-10,14H,1-3,8H2,(H,18,19). The Balaban J connectivity index is 1.83. The lowest BCUT2D eigenvalue weighted by Crippen LogP contribution is -2.34. The Morgan fingerprint density at radius 1 is 1.18 bits per heavy atom. The summed E-state index contributed by atoms with van der Waals surface area (Å²) in [4.78, 5) is 18.5. The highest BCUT2D eigenvalue weighted by Gasteiger charge is 2.28. The Kier molecular flexibility index (Phi) is 3.21. The Morgan fingerprint density at radius 2 is 2.14 bits per heavy atom. The number of H-pyrrole nitrogens is 1. The van der Waals surface area contributed by atoms with E-state index in [0.29, 0.717) is 0 Å². The first-order valence-corrected chi connectivity index (χ1v) is 7.49. The van der Waals surface area contributed by atoms with Crippen LogP contribution in [-0.2, 0) is 0 Å². The molecular formula is C16H16FN5. The first-order chi connectivity index (χ1) is 10.8. The van der Waals surface area contributed by atoms with Crippen LogP contribution in [0.5, 0.6) is 0 Å². The molecule has 0 bridgehead atoms. The lowest BCUT2D eigenvalue weighted by atomic mass is 10.0. The zero-order chi connectivity index (χ0) is 14.9. The third-order valence-corrected chi connectivity index (χ3v) is 4.19. The summed E-state index contributed by atoms with van der Waals surface area (Å²) in [6.45, 7) is 0.883. The summed E-state index contributed by atoms with van der Waals surface area (Å²) in [6, 6.07) is 4.78. The van der Waals surface area contributed by atoms with E-state index in [0.717, 1.165) is 48.4 Å². The SMILES string of the molecule is Fc1ccc2ncnc(N3CCCCC3c3ncc[nH]3)c2c1. The van der Waals surface area contributed by atoms with Crippen molar-refractivity contribution in [2.75, 3.05) is 11.4 Å². The molecule has 1 aliphatic rings. The Morgan fingerprint density at radius 3 is 3.00 bits per heavy atom. The van der Waals surface area contributed by atoms with Gasteiger partial charge in [-0.2, -0.15) is 0 Å². The molecule has 1 unspecified atom stereocenters. The van der Waals surface area contributed by atoms with Gasteiger partial charge in [0.1, 0.15) is 23.8 Å². The van der Waals surface area contributed by atoms with Crippen LogP contribution >= 0.6 is 0 Å². The number of imidazole rings is 1. The number of rotatable bonds is 2. The maximum Gasteiger partial charge on any atom is 0.140 e. The zero-order valence-electron chi connectivity index (χ0n) is 12.0. The summed E-state index contributed by atoms with van der Waals surface area (Å²) in [7, 11) is 0. The molecule has 0 saturated carbocycles. The van der Waals surface area contributed by atoms with Gasteiger partial charge in [0.15, 0.2) is 0 Å². The molecule has 1 aliphatic heterocycles. The predicted molar refractivity (Wildman–Crippen MR) is 82.0 cm³/mol. The number of piperidine rings is 1. The van der Waals surface area contributed by atoms with Gasteiger partial charge in [-0.25, -0.2) is 19.3 Å². The molecular weight excluding hydrogens is 281 g/mol. The fourth-order valence-electron chi connectivity index (χ4n) is 3.17. The molecule has 22 heavy (non-hydrogen) atoms. The smallest absolute Gasteiger partial charge is 0.140 e. The summed E-state index contributed by atoms with van der Waals surface area (Å²) in [5.41, 5.74) is 0.759. The lowest BCUT2D eigenvalue weighted by molar-refractivity contribution is 0.456. The third-order valence-electron chi connectivity index (χ3n) is 4.19. The zero-order valence-corrected chi connectivity index (χ0v) is 12.0. The summed E-state index contributed by atoms with van der Waals surface area (Å²) in [6.07, 6.45) is 8.40. The number of fused-ring (bicyclic) bond motifs is 1. The minimum absolute atomic E-state index is 0.144. The summed E-state index contributed by atoms with van der Waals surface area (Å²) in [5.74, 6) is 1.45. The Hall–Kier alpha value is -2.50. The summed E-state index contributed by atoms with van der Waals surface area (Å²) in [5, 5.41) is 0.751. The molecule has 3 heterocycles. The quantitative estimate of drug-likeness (QED) is 0.789. The number of aromatic nitrogens is 4. The summed E-state index contributed by atoms with van der Waals surface area (Å²) < 4.78 is 13.7. The van der Waals surface area contributed by atoms with E-state index in [1.807, 2.05) is 6.20 Å². The van der Waals surface area contributed by atoms with E-state index in [1.165, 1.54) is 12.1 Å². The van der Waals surface area contributed by atoms with Crippen molar-refractivity contribution in [2.45, 2.75) is 25.3 Å². The van der Waals surface area contributed by atoms with Crippen LogP contribution in [-0.4, -0.2) is 26.5 Å². The number of hydrogen-bond donors (Lipinski definition) is 1. The van der Waals surface area contributed by atoms with Gasteiger partial charge in [-0.3, -0.25) is 0 Å². The molecule has 1 N–H and O–H groups in total. The van der Waals surface area contributed by atoms with Crippen LogP contribution in [0.15, 0.2) is 36.9 Å². The maximum absolute atomic E-state index is 13.7.